The van der Waals surface area contributed by atoms with E-state index in [9.17, 15) is 34.2 Å². The summed E-state index contributed by atoms with van der Waals surface area (Å²) in [5.41, 5.74) is -4.49. The summed E-state index contributed by atoms with van der Waals surface area (Å²) in [6, 6.07) is 0. The summed E-state index contributed by atoms with van der Waals surface area (Å²) < 4.78 is 25.1. The molecule has 0 aromatic heterocycles. The second-order valence-electron chi connectivity index (χ2n) is 14.9. The third-order valence-corrected chi connectivity index (χ3v) is 12.2. The van der Waals surface area contributed by atoms with E-state index in [1.807, 2.05) is 0 Å². The van der Waals surface area contributed by atoms with E-state index in [1.54, 1.807) is 0 Å². The van der Waals surface area contributed by atoms with E-state index in [4.69, 9.17) is 18.9 Å². The van der Waals surface area contributed by atoms with Crippen LogP contribution in [0.25, 0.3) is 0 Å². The minimum Gasteiger partial charge on any atom is -0.497 e. The van der Waals surface area contributed by atoms with Crippen molar-refractivity contribution in [1.82, 2.24) is 0 Å². The van der Waals surface area contributed by atoms with Gasteiger partial charge < -0.3 is 29.2 Å². The Labute approximate surface area is 289 Å². The lowest BCUT2D eigenvalue weighted by Crippen LogP contribution is -2.74. The predicted octanol–water partition coefficient (Wildman–Crippen LogP) is 4.15. The van der Waals surface area contributed by atoms with Gasteiger partial charge in [-0.15, -0.1) is 0 Å². The molecule has 50 heavy (non-hydrogen) atoms. The average Bonchev–Trinajstić information content (AvgIpc) is 4.02. The smallest absolute Gasteiger partial charge is 0.330 e. The molecule has 0 aromatic carbocycles. The van der Waals surface area contributed by atoms with Gasteiger partial charge in [-0.3, -0.25) is 19.2 Å². The Balaban J connectivity index is 1.42. The van der Waals surface area contributed by atoms with Crippen LogP contribution in [-0.4, -0.2) is 87.0 Å². The van der Waals surface area contributed by atoms with Gasteiger partial charge in [-0.1, -0.05) is 58.1 Å². The fourth-order valence-corrected chi connectivity index (χ4v) is 9.50. The number of carbonyl (C=O) groups is 6. The number of carbonyl (C=O) groups excluding carboxylic acids is 4. The summed E-state index contributed by atoms with van der Waals surface area (Å²) in [5, 5.41) is 19.1. The average molecular weight is 693 g/mol. The Morgan fingerprint density at radius 1 is 0.780 bits per heavy atom. The maximum atomic E-state index is 15.5. The SMILES string of the molecule is CCCCC[C@@H]1OC=C2C(=O)[C@H]3O[C@@]3(C/C=C(\C)C(=O)O)C(=O)[C@]23[C@H]1[C@H]1O[C@H](CCCCC)[C@@H]3C2=C1C(=O)[C@H]1O[C@@]1(C/C=C(\C)C(=O)O)C2=O. The summed E-state index contributed by atoms with van der Waals surface area (Å²) in [6.45, 7) is 6.93. The van der Waals surface area contributed by atoms with E-state index in [-0.39, 0.29) is 40.7 Å². The van der Waals surface area contributed by atoms with E-state index in [2.05, 4.69) is 13.8 Å². The molecule has 2 bridgehead atoms. The van der Waals surface area contributed by atoms with Crippen LogP contribution >= 0.6 is 0 Å². The van der Waals surface area contributed by atoms with Crippen molar-refractivity contribution >= 4 is 35.1 Å². The molecular weight excluding hydrogens is 648 g/mol. The highest BCUT2D eigenvalue weighted by Gasteiger charge is 2.85. The van der Waals surface area contributed by atoms with Crippen molar-refractivity contribution in [3.8, 4) is 0 Å². The first-order chi connectivity index (χ1) is 23.8. The normalized spacial score (nSPS) is 39.5. The Morgan fingerprint density at radius 2 is 1.34 bits per heavy atom. The van der Waals surface area contributed by atoms with Gasteiger partial charge in [0.2, 0.25) is 0 Å². The van der Waals surface area contributed by atoms with Crippen LogP contribution in [0.4, 0.5) is 0 Å². The number of hydrogen-bond acceptors (Lipinski definition) is 10. The van der Waals surface area contributed by atoms with Crippen LogP contribution in [0, 0.1) is 17.3 Å². The number of epoxide rings is 2. The summed E-state index contributed by atoms with van der Waals surface area (Å²) in [7, 11) is 0. The molecule has 3 saturated heterocycles. The number of hydrogen-bond donors (Lipinski definition) is 2. The zero-order valence-corrected chi connectivity index (χ0v) is 28.8. The van der Waals surface area contributed by atoms with Crippen LogP contribution < -0.4 is 0 Å². The second-order valence-corrected chi connectivity index (χ2v) is 14.9. The first-order valence-electron chi connectivity index (χ1n) is 17.9. The fourth-order valence-electron chi connectivity index (χ4n) is 9.50. The monoisotopic (exact) mass is 692 g/mol. The molecule has 5 aliphatic heterocycles. The topological polar surface area (TPSA) is 186 Å². The van der Waals surface area contributed by atoms with Gasteiger partial charge in [-0.05, 0) is 33.1 Å². The van der Waals surface area contributed by atoms with Gasteiger partial charge in [0, 0.05) is 52.5 Å². The number of unbranched alkanes of at least 4 members (excludes halogenated alkanes) is 4. The minimum atomic E-state index is -1.64. The number of ether oxygens (including phenoxy) is 4. The quantitative estimate of drug-likeness (QED) is 0.151. The number of ketones is 4. The molecule has 1 spiro atoms. The van der Waals surface area contributed by atoms with E-state index in [0.717, 1.165) is 32.1 Å². The van der Waals surface area contributed by atoms with Gasteiger partial charge in [-0.2, -0.15) is 0 Å². The van der Waals surface area contributed by atoms with E-state index < -0.39 is 94.0 Å². The van der Waals surface area contributed by atoms with Gasteiger partial charge in [-0.25, -0.2) is 9.59 Å². The van der Waals surface area contributed by atoms with Crippen molar-refractivity contribution in [2.75, 3.05) is 0 Å². The highest BCUT2D eigenvalue weighted by molar-refractivity contribution is 6.25. The zero-order chi connectivity index (χ0) is 35.9. The van der Waals surface area contributed by atoms with Crippen LogP contribution in [0.3, 0.4) is 0 Å². The van der Waals surface area contributed by atoms with Crippen LogP contribution in [0.15, 0.2) is 46.3 Å². The third-order valence-electron chi connectivity index (χ3n) is 12.2. The Kier molecular flexibility index (Phi) is 8.46. The first kappa shape index (κ1) is 34.7. The summed E-state index contributed by atoms with van der Waals surface area (Å²) in [4.78, 5) is 82.5. The van der Waals surface area contributed by atoms with Gasteiger partial charge in [0.25, 0.3) is 0 Å². The third kappa shape index (κ3) is 4.66. The van der Waals surface area contributed by atoms with Crippen LogP contribution in [0.5, 0.6) is 0 Å². The fraction of sp³-hybridized carbons (Fsp3) is 0.632. The largest absolute Gasteiger partial charge is 0.497 e. The second kappa shape index (κ2) is 12.2. The molecular formula is C38H44O12. The van der Waals surface area contributed by atoms with Gasteiger partial charge in [0.1, 0.15) is 6.10 Å². The minimum absolute atomic E-state index is 0.000511. The Hall–Kier alpha value is -3.74. The molecule has 8 aliphatic rings. The zero-order valence-electron chi connectivity index (χ0n) is 28.8. The number of rotatable bonds is 14. The lowest BCUT2D eigenvalue weighted by atomic mass is 9.42. The maximum absolute atomic E-state index is 15.5. The molecule has 0 radical (unpaired) electrons. The molecule has 12 nitrogen and oxygen atoms in total. The molecule has 10 atom stereocenters. The summed E-state index contributed by atoms with van der Waals surface area (Å²) in [5.74, 6) is -5.97. The predicted molar refractivity (Wildman–Crippen MR) is 174 cm³/mol. The molecule has 12 heteroatoms. The molecule has 4 fully saturated rings. The first-order valence-corrected chi connectivity index (χ1v) is 17.9. The molecule has 268 valence electrons. The van der Waals surface area contributed by atoms with E-state index in [1.165, 1.54) is 32.3 Å². The van der Waals surface area contributed by atoms with Crippen LogP contribution in [0.1, 0.15) is 91.9 Å². The lowest BCUT2D eigenvalue weighted by Gasteiger charge is -2.63. The molecule has 0 amide bonds. The number of fused-ring (bicyclic) bond motifs is 3. The molecule has 3 aliphatic carbocycles. The Bertz CT molecular complexity index is 1710. The van der Waals surface area contributed by atoms with Gasteiger partial charge in [0.15, 0.2) is 46.5 Å². The summed E-state index contributed by atoms with van der Waals surface area (Å²) >= 11 is 0. The maximum Gasteiger partial charge on any atom is 0.330 e. The summed E-state index contributed by atoms with van der Waals surface area (Å²) in [6.07, 6.45) is 5.26. The highest BCUT2D eigenvalue weighted by atomic mass is 16.6. The van der Waals surface area contributed by atoms with E-state index in [0.29, 0.717) is 19.3 Å². The highest BCUT2D eigenvalue weighted by Crippen LogP contribution is 2.71. The lowest BCUT2D eigenvalue weighted by molar-refractivity contribution is -0.212. The molecule has 2 N–H and O–H groups in total. The van der Waals surface area contributed by atoms with Crippen molar-refractivity contribution in [2.24, 2.45) is 17.3 Å². The van der Waals surface area contributed by atoms with E-state index >= 15 is 4.79 Å². The standard InChI is InChI=1S/C38H44O12/c1-5-7-9-11-21-26-29-24-23(30(41)36(32(49-36)28(24)40)15-13-18(3)33(42)43)25(22(48-29)12-10-8-6-2)38(26)20(17-47-21)27(39)31-37(50-31,35(38)46)16-14-19(4)34(44)45/h13-14,17,21-22,25-26,29,31-32H,5-12,15-16H2,1-4H3,(H,42,43)(H,44,45)/b18-13+,19-14+/t21-,22+,25+,26+,29-,31+,32+,36-,37+,38+/m0/s1. The molecule has 8 rings (SSSR count). The number of carboxylic acids is 2. The molecule has 1 saturated carbocycles. The Morgan fingerprint density at radius 3 is 1.94 bits per heavy atom. The number of Topliss-reactive ketones (excluding diaryl/α,β-unsaturated/α-hetero) is 4. The van der Waals surface area contributed by atoms with Crippen molar-refractivity contribution in [1.29, 1.82) is 0 Å². The van der Waals surface area contributed by atoms with Crippen molar-refractivity contribution in [3.05, 3.63) is 46.3 Å². The molecule has 0 aromatic rings. The van der Waals surface area contributed by atoms with Crippen molar-refractivity contribution in [3.63, 3.8) is 0 Å². The van der Waals surface area contributed by atoms with Gasteiger partial charge >= 0.3 is 11.9 Å². The molecule has 5 heterocycles. The van der Waals surface area contributed by atoms with Gasteiger partial charge in [0.05, 0.1) is 23.9 Å². The molecule has 0 unspecified atom stereocenters. The number of aliphatic carboxylic acids is 2. The van der Waals surface area contributed by atoms with Crippen LogP contribution in [-0.2, 0) is 47.7 Å². The number of carboxylic acid groups (broad SMARTS) is 2. The van der Waals surface area contributed by atoms with Crippen molar-refractivity contribution < 1.29 is 57.9 Å². The van der Waals surface area contributed by atoms with Crippen molar-refractivity contribution in [2.45, 2.75) is 134 Å². The van der Waals surface area contributed by atoms with Crippen LogP contribution in [0.2, 0.25) is 0 Å².